The van der Waals surface area contributed by atoms with Gasteiger partial charge < -0.3 is 0 Å². The van der Waals surface area contributed by atoms with E-state index in [2.05, 4.69) is 37.9 Å². The zero-order valence-corrected chi connectivity index (χ0v) is 9.26. The fourth-order valence-electron chi connectivity index (χ4n) is 0.821. The molecule has 12 heavy (non-hydrogen) atoms. The van der Waals surface area contributed by atoms with E-state index in [4.69, 9.17) is 5.26 Å². The van der Waals surface area contributed by atoms with Crippen molar-refractivity contribution in [2.24, 2.45) is 0 Å². The van der Waals surface area contributed by atoms with Crippen LogP contribution in [0.25, 0.3) is 5.57 Å². The lowest BCUT2D eigenvalue weighted by Gasteiger charge is -1.97. The lowest BCUT2D eigenvalue weighted by molar-refractivity contribution is 1.52. The Bertz CT molecular complexity index is 331. The van der Waals surface area contributed by atoms with Gasteiger partial charge >= 0.3 is 0 Å². The highest BCUT2D eigenvalue weighted by Crippen LogP contribution is 2.26. The fraction of sp³-hybridized carbons (Fsp3) is 0. The van der Waals surface area contributed by atoms with Gasteiger partial charge in [0, 0.05) is 0 Å². The Balaban J connectivity index is 3.17. The second-order valence-electron chi connectivity index (χ2n) is 2.11. The number of hydrogen-bond acceptors (Lipinski definition) is 1. The lowest BCUT2D eigenvalue weighted by atomic mass is 10.1. The Labute approximate surface area is 88.0 Å². The second kappa shape index (κ2) is 4.44. The fourth-order valence-corrected chi connectivity index (χ4v) is 1.46. The number of hydrogen-bond donors (Lipinski definition) is 0. The lowest BCUT2D eigenvalue weighted by Crippen LogP contribution is -1.79. The van der Waals surface area contributed by atoms with Crippen LogP contribution >= 0.6 is 31.9 Å². The topological polar surface area (TPSA) is 23.8 Å². The first-order chi connectivity index (χ1) is 5.75. The van der Waals surface area contributed by atoms with Crippen LogP contribution in [0.4, 0.5) is 0 Å². The number of rotatable bonds is 1. The minimum atomic E-state index is 0.607. The molecule has 1 nitrogen and oxygen atoms in total. The van der Waals surface area contributed by atoms with Crippen molar-refractivity contribution in [1.29, 1.82) is 5.26 Å². The van der Waals surface area contributed by atoms with Crippen molar-refractivity contribution in [2.45, 2.75) is 0 Å². The van der Waals surface area contributed by atoms with Gasteiger partial charge in [-0.05, 0) is 37.4 Å². The van der Waals surface area contributed by atoms with Gasteiger partial charge in [0.2, 0.25) is 0 Å². The predicted octanol–water partition coefficient (Wildman–Crippen LogP) is 3.67. The van der Waals surface area contributed by atoms with Crippen LogP contribution in [0.2, 0.25) is 0 Å². The standard InChI is InChI=1S/C9H5Br2N/c10-9(11)8(6-12)7-4-2-1-3-5-7/h1-5H. The summed E-state index contributed by atoms with van der Waals surface area (Å²) in [7, 11) is 0. The van der Waals surface area contributed by atoms with Crippen LogP contribution in [0.5, 0.6) is 0 Å². The summed E-state index contributed by atoms with van der Waals surface area (Å²) < 4.78 is 0.684. The molecule has 1 rings (SSSR count). The van der Waals surface area contributed by atoms with Crippen LogP contribution in [0.3, 0.4) is 0 Å². The molecule has 0 heterocycles. The van der Waals surface area contributed by atoms with E-state index < -0.39 is 0 Å². The Kier molecular flexibility index (Phi) is 3.51. The molecule has 0 fully saturated rings. The third-order valence-electron chi connectivity index (χ3n) is 1.36. The Morgan fingerprint density at radius 1 is 1.17 bits per heavy atom. The molecule has 60 valence electrons. The van der Waals surface area contributed by atoms with Gasteiger partial charge in [-0.25, -0.2) is 0 Å². The van der Waals surface area contributed by atoms with Crippen molar-refractivity contribution < 1.29 is 0 Å². The highest BCUT2D eigenvalue weighted by Gasteiger charge is 2.02. The predicted molar refractivity (Wildman–Crippen MR) is 56.8 cm³/mol. The molecule has 0 aliphatic rings. The first-order valence-corrected chi connectivity index (χ1v) is 4.85. The summed E-state index contributed by atoms with van der Waals surface area (Å²) in [6.07, 6.45) is 0. The molecule has 1 aromatic rings. The molecule has 0 saturated heterocycles. The van der Waals surface area contributed by atoms with Gasteiger partial charge in [0.05, 0.1) is 8.96 Å². The van der Waals surface area contributed by atoms with Crippen LogP contribution in [0.1, 0.15) is 5.56 Å². The van der Waals surface area contributed by atoms with Crippen molar-refractivity contribution in [1.82, 2.24) is 0 Å². The van der Waals surface area contributed by atoms with E-state index in [0.717, 1.165) is 5.56 Å². The molecule has 0 bridgehead atoms. The summed E-state index contributed by atoms with van der Waals surface area (Å²) >= 11 is 6.42. The van der Waals surface area contributed by atoms with E-state index in [0.29, 0.717) is 8.96 Å². The molecule has 0 N–H and O–H groups in total. The van der Waals surface area contributed by atoms with Crippen LogP contribution in [0, 0.1) is 11.3 Å². The number of nitriles is 1. The van der Waals surface area contributed by atoms with Gasteiger partial charge in [-0.15, -0.1) is 0 Å². The SMILES string of the molecule is N#CC(=C(Br)Br)c1ccccc1. The molecule has 0 aliphatic carbocycles. The van der Waals surface area contributed by atoms with Crippen molar-refractivity contribution in [2.75, 3.05) is 0 Å². The van der Waals surface area contributed by atoms with Gasteiger partial charge in [0.15, 0.2) is 0 Å². The number of benzene rings is 1. The highest BCUT2D eigenvalue weighted by atomic mass is 79.9. The Hall–Kier alpha value is -0.590. The summed E-state index contributed by atoms with van der Waals surface area (Å²) in [5, 5.41) is 8.78. The van der Waals surface area contributed by atoms with Crippen molar-refractivity contribution in [3.05, 3.63) is 39.3 Å². The molecule has 0 amide bonds. The van der Waals surface area contributed by atoms with Crippen LogP contribution < -0.4 is 0 Å². The smallest absolute Gasteiger partial charge is 0.102 e. The summed E-state index contributed by atoms with van der Waals surface area (Å²) in [4.78, 5) is 0. The van der Waals surface area contributed by atoms with Crippen LogP contribution in [-0.4, -0.2) is 0 Å². The molecule has 3 heteroatoms. The zero-order valence-electron chi connectivity index (χ0n) is 6.09. The number of allylic oxidation sites excluding steroid dienone is 1. The molecular weight excluding hydrogens is 282 g/mol. The highest BCUT2D eigenvalue weighted by molar-refractivity contribution is 9.28. The quantitative estimate of drug-likeness (QED) is 0.723. The van der Waals surface area contributed by atoms with E-state index in [1.807, 2.05) is 30.3 Å². The first-order valence-electron chi connectivity index (χ1n) is 3.26. The minimum Gasteiger partial charge on any atom is -0.192 e. The van der Waals surface area contributed by atoms with E-state index in [1.165, 1.54) is 0 Å². The van der Waals surface area contributed by atoms with Gasteiger partial charge in [-0.3, -0.25) is 0 Å². The summed E-state index contributed by atoms with van der Waals surface area (Å²) in [6.45, 7) is 0. The first kappa shape index (κ1) is 9.50. The maximum Gasteiger partial charge on any atom is 0.102 e. The summed E-state index contributed by atoms with van der Waals surface area (Å²) in [5.74, 6) is 0. The molecule has 0 atom stereocenters. The van der Waals surface area contributed by atoms with Crippen molar-refractivity contribution >= 4 is 37.4 Å². The van der Waals surface area contributed by atoms with Crippen molar-refractivity contribution in [3.8, 4) is 6.07 Å². The van der Waals surface area contributed by atoms with E-state index >= 15 is 0 Å². The van der Waals surface area contributed by atoms with Gasteiger partial charge in [-0.1, -0.05) is 30.3 Å². The largest absolute Gasteiger partial charge is 0.192 e. The molecule has 0 spiro atoms. The normalized spacial score (nSPS) is 8.75. The summed E-state index contributed by atoms with van der Waals surface area (Å²) in [5.41, 5.74) is 1.51. The summed E-state index contributed by atoms with van der Waals surface area (Å²) in [6, 6.07) is 11.6. The molecular formula is C9H5Br2N. The van der Waals surface area contributed by atoms with Crippen LogP contribution in [0.15, 0.2) is 33.7 Å². The van der Waals surface area contributed by atoms with E-state index in [1.54, 1.807) is 0 Å². The molecule has 0 saturated carbocycles. The van der Waals surface area contributed by atoms with Crippen molar-refractivity contribution in [3.63, 3.8) is 0 Å². The second-order valence-corrected chi connectivity index (χ2v) is 4.76. The Morgan fingerprint density at radius 3 is 2.17 bits per heavy atom. The Morgan fingerprint density at radius 2 is 1.75 bits per heavy atom. The molecule has 0 radical (unpaired) electrons. The van der Waals surface area contributed by atoms with Gasteiger partial charge in [0.25, 0.3) is 0 Å². The maximum atomic E-state index is 8.78. The third kappa shape index (κ3) is 2.20. The van der Waals surface area contributed by atoms with Gasteiger partial charge in [0.1, 0.15) is 6.07 Å². The average molecular weight is 287 g/mol. The van der Waals surface area contributed by atoms with E-state index in [9.17, 15) is 0 Å². The third-order valence-corrected chi connectivity index (χ3v) is 2.16. The molecule has 1 aromatic carbocycles. The minimum absolute atomic E-state index is 0.607. The molecule has 0 aliphatic heterocycles. The zero-order chi connectivity index (χ0) is 8.97. The number of nitrogens with zero attached hydrogens (tertiary/aromatic N) is 1. The number of halogens is 2. The van der Waals surface area contributed by atoms with E-state index in [-0.39, 0.29) is 0 Å². The molecule has 0 unspecified atom stereocenters. The maximum absolute atomic E-state index is 8.78. The van der Waals surface area contributed by atoms with Crippen LogP contribution in [-0.2, 0) is 0 Å². The average Bonchev–Trinajstić information content (AvgIpc) is 2.07. The monoisotopic (exact) mass is 285 g/mol. The molecule has 0 aromatic heterocycles. The van der Waals surface area contributed by atoms with Gasteiger partial charge in [-0.2, -0.15) is 5.26 Å².